The van der Waals surface area contributed by atoms with Crippen LogP contribution < -0.4 is 11.1 Å². The van der Waals surface area contributed by atoms with Crippen LogP contribution in [0.15, 0.2) is 29.8 Å². The molecular formula is C13H17N3S. The van der Waals surface area contributed by atoms with Gasteiger partial charge in [-0.25, -0.2) is 4.98 Å². The van der Waals surface area contributed by atoms with Crippen molar-refractivity contribution in [3.05, 3.63) is 40.3 Å². The van der Waals surface area contributed by atoms with Crippen LogP contribution in [0.4, 0.5) is 11.4 Å². The van der Waals surface area contributed by atoms with Crippen LogP contribution in [0.5, 0.6) is 0 Å². The van der Waals surface area contributed by atoms with E-state index in [1.807, 2.05) is 30.6 Å². The average Bonchev–Trinajstić information content (AvgIpc) is 2.77. The van der Waals surface area contributed by atoms with Gasteiger partial charge in [-0.3, -0.25) is 0 Å². The first kappa shape index (κ1) is 11.9. The van der Waals surface area contributed by atoms with Crippen molar-refractivity contribution in [3.8, 4) is 0 Å². The molecule has 3 nitrogen and oxygen atoms in total. The zero-order chi connectivity index (χ0) is 12.3. The molecule has 0 aliphatic carbocycles. The monoisotopic (exact) mass is 247 g/mol. The van der Waals surface area contributed by atoms with Gasteiger partial charge in [-0.1, -0.05) is 6.92 Å². The lowest BCUT2D eigenvalue weighted by molar-refractivity contribution is 0.742. The summed E-state index contributed by atoms with van der Waals surface area (Å²) in [6.45, 7) is 4.20. The Bertz CT molecular complexity index is 459. The second kappa shape index (κ2) is 5.19. The van der Waals surface area contributed by atoms with Crippen molar-refractivity contribution in [2.24, 2.45) is 0 Å². The summed E-state index contributed by atoms with van der Waals surface area (Å²) in [6.07, 6.45) is 2.84. The minimum atomic E-state index is 0.260. The molecule has 0 fully saturated rings. The van der Waals surface area contributed by atoms with Crippen molar-refractivity contribution in [1.82, 2.24) is 4.98 Å². The van der Waals surface area contributed by atoms with Crippen molar-refractivity contribution >= 4 is 22.7 Å². The van der Waals surface area contributed by atoms with Crippen molar-refractivity contribution in [2.45, 2.75) is 26.3 Å². The molecule has 4 heteroatoms. The summed E-state index contributed by atoms with van der Waals surface area (Å²) in [5.74, 6) is 0. The quantitative estimate of drug-likeness (QED) is 0.812. The molecule has 0 radical (unpaired) electrons. The number of nitrogen functional groups attached to an aromatic ring is 1. The van der Waals surface area contributed by atoms with Gasteiger partial charge in [0.2, 0.25) is 0 Å². The van der Waals surface area contributed by atoms with Gasteiger partial charge in [0.15, 0.2) is 0 Å². The number of nitrogens with zero attached hydrogens (tertiary/aromatic N) is 1. The van der Waals surface area contributed by atoms with Gasteiger partial charge in [0.05, 0.1) is 6.04 Å². The topological polar surface area (TPSA) is 50.9 Å². The first-order valence-corrected chi connectivity index (χ1v) is 6.60. The van der Waals surface area contributed by atoms with E-state index in [9.17, 15) is 0 Å². The first-order chi connectivity index (χ1) is 8.19. The zero-order valence-electron chi connectivity index (χ0n) is 10.1. The Hall–Kier alpha value is -1.55. The molecule has 0 saturated carbocycles. The minimum absolute atomic E-state index is 0.260. The molecule has 1 aromatic heterocycles. The number of thiazole rings is 1. The molecule has 1 heterocycles. The highest BCUT2D eigenvalue weighted by Crippen LogP contribution is 2.25. The van der Waals surface area contributed by atoms with Gasteiger partial charge < -0.3 is 11.1 Å². The summed E-state index contributed by atoms with van der Waals surface area (Å²) < 4.78 is 0. The van der Waals surface area contributed by atoms with Gasteiger partial charge in [0.25, 0.3) is 0 Å². The molecule has 0 bridgehead atoms. The number of anilines is 2. The molecule has 1 unspecified atom stereocenters. The normalized spacial score (nSPS) is 12.4. The Labute approximate surface area is 106 Å². The molecule has 0 aliphatic rings. The number of nitrogens with one attached hydrogen (secondary N) is 1. The molecule has 3 N–H and O–H groups in total. The Morgan fingerprint density at radius 3 is 2.82 bits per heavy atom. The summed E-state index contributed by atoms with van der Waals surface area (Å²) in [5, 5.41) is 6.60. The second-order valence-corrected chi connectivity index (χ2v) is 5.03. The van der Waals surface area contributed by atoms with Gasteiger partial charge in [-0.15, -0.1) is 11.3 Å². The molecule has 17 heavy (non-hydrogen) atoms. The maximum atomic E-state index is 5.84. The molecule has 1 aromatic carbocycles. The third kappa shape index (κ3) is 2.97. The number of nitrogens with two attached hydrogens (primary N) is 1. The van der Waals surface area contributed by atoms with Crippen molar-refractivity contribution < 1.29 is 0 Å². The molecule has 2 rings (SSSR count). The van der Waals surface area contributed by atoms with Crippen LogP contribution >= 0.6 is 11.3 Å². The van der Waals surface area contributed by atoms with Gasteiger partial charge in [-0.2, -0.15) is 0 Å². The molecule has 0 spiro atoms. The van der Waals surface area contributed by atoms with E-state index >= 15 is 0 Å². The number of aromatic nitrogens is 1. The van der Waals surface area contributed by atoms with E-state index in [0.717, 1.165) is 22.8 Å². The van der Waals surface area contributed by atoms with Crippen molar-refractivity contribution in [1.29, 1.82) is 0 Å². The Kier molecular flexibility index (Phi) is 3.64. The molecule has 2 aromatic rings. The number of aryl methyl sites for hydroxylation is 1. The summed E-state index contributed by atoms with van der Waals surface area (Å²) in [4.78, 5) is 4.35. The fourth-order valence-corrected chi connectivity index (χ4v) is 2.61. The first-order valence-electron chi connectivity index (χ1n) is 5.72. The highest BCUT2D eigenvalue weighted by atomic mass is 32.1. The Balaban J connectivity index is 2.18. The largest absolute Gasteiger partial charge is 0.399 e. The van der Waals surface area contributed by atoms with Crippen LogP contribution in [0.2, 0.25) is 0 Å². The zero-order valence-corrected chi connectivity index (χ0v) is 10.9. The lowest BCUT2D eigenvalue weighted by atomic mass is 10.1. The van der Waals surface area contributed by atoms with E-state index < -0.39 is 0 Å². The van der Waals surface area contributed by atoms with Crippen LogP contribution in [0.25, 0.3) is 0 Å². The molecule has 0 aliphatic heterocycles. The highest BCUT2D eigenvalue weighted by Gasteiger charge is 2.11. The van der Waals surface area contributed by atoms with Crippen LogP contribution in [-0.2, 0) is 0 Å². The van der Waals surface area contributed by atoms with E-state index in [1.165, 1.54) is 5.56 Å². The Morgan fingerprint density at radius 1 is 1.41 bits per heavy atom. The molecule has 0 amide bonds. The van der Waals surface area contributed by atoms with E-state index in [1.54, 1.807) is 11.3 Å². The summed E-state index contributed by atoms with van der Waals surface area (Å²) in [7, 11) is 0. The van der Waals surface area contributed by atoms with Gasteiger partial charge in [0.1, 0.15) is 5.01 Å². The smallest absolute Gasteiger partial charge is 0.115 e. The summed E-state index contributed by atoms with van der Waals surface area (Å²) in [5.41, 5.74) is 8.86. The fourth-order valence-electron chi connectivity index (χ4n) is 1.84. The summed E-state index contributed by atoms with van der Waals surface area (Å²) >= 11 is 1.68. The van der Waals surface area contributed by atoms with E-state index in [4.69, 9.17) is 5.73 Å². The molecule has 1 atom stereocenters. The highest BCUT2D eigenvalue weighted by molar-refractivity contribution is 7.09. The summed E-state index contributed by atoms with van der Waals surface area (Å²) in [6, 6.07) is 6.29. The lowest BCUT2D eigenvalue weighted by Crippen LogP contribution is -2.09. The molecular weight excluding hydrogens is 230 g/mol. The Morgan fingerprint density at radius 2 is 2.24 bits per heavy atom. The number of hydrogen-bond donors (Lipinski definition) is 2. The minimum Gasteiger partial charge on any atom is -0.399 e. The maximum Gasteiger partial charge on any atom is 0.115 e. The molecule has 0 saturated heterocycles. The van der Waals surface area contributed by atoms with Crippen LogP contribution in [0.1, 0.15) is 30.0 Å². The standard InChI is InChI=1S/C13H17N3S/c1-3-12(13-15-4-5-17-13)16-11-7-9(2)6-10(14)8-11/h4-8,12,16H,3,14H2,1-2H3. The number of hydrogen-bond acceptors (Lipinski definition) is 4. The predicted molar refractivity (Wildman–Crippen MR) is 74.4 cm³/mol. The lowest BCUT2D eigenvalue weighted by Gasteiger charge is -2.16. The SMILES string of the molecule is CCC(Nc1cc(C)cc(N)c1)c1nccs1. The third-order valence-corrected chi connectivity index (χ3v) is 3.49. The second-order valence-electron chi connectivity index (χ2n) is 4.11. The average molecular weight is 247 g/mol. The van der Waals surface area contributed by atoms with Crippen LogP contribution in [-0.4, -0.2) is 4.98 Å². The predicted octanol–water partition coefficient (Wildman–Crippen LogP) is 3.60. The van der Waals surface area contributed by atoms with Crippen LogP contribution in [0, 0.1) is 6.92 Å². The van der Waals surface area contributed by atoms with Crippen molar-refractivity contribution in [2.75, 3.05) is 11.1 Å². The van der Waals surface area contributed by atoms with E-state index in [2.05, 4.69) is 23.3 Å². The maximum absolute atomic E-state index is 5.84. The number of benzene rings is 1. The van der Waals surface area contributed by atoms with Gasteiger partial charge in [-0.05, 0) is 37.1 Å². The van der Waals surface area contributed by atoms with E-state index in [-0.39, 0.29) is 6.04 Å². The third-order valence-electron chi connectivity index (χ3n) is 2.60. The van der Waals surface area contributed by atoms with Crippen LogP contribution in [0.3, 0.4) is 0 Å². The number of rotatable bonds is 4. The van der Waals surface area contributed by atoms with E-state index in [0.29, 0.717) is 0 Å². The molecule has 90 valence electrons. The fraction of sp³-hybridized carbons (Fsp3) is 0.308. The van der Waals surface area contributed by atoms with Gasteiger partial charge in [0, 0.05) is 23.0 Å². The van der Waals surface area contributed by atoms with Crippen molar-refractivity contribution in [3.63, 3.8) is 0 Å². The van der Waals surface area contributed by atoms with Gasteiger partial charge >= 0.3 is 0 Å².